The van der Waals surface area contributed by atoms with Gasteiger partial charge in [0.15, 0.2) is 0 Å². The molecule has 0 saturated carbocycles. The monoisotopic (exact) mass is 463 g/mol. The zero-order valence-corrected chi connectivity index (χ0v) is 21.6. The number of hydrogen-bond acceptors (Lipinski definition) is 3. The van der Waals surface area contributed by atoms with Crippen LogP contribution in [-0.2, 0) is 17.8 Å². The van der Waals surface area contributed by atoms with Crippen molar-refractivity contribution in [3.63, 3.8) is 0 Å². The van der Waals surface area contributed by atoms with Gasteiger partial charge in [-0.15, -0.1) is 0 Å². The Balaban J connectivity index is 1.47. The summed E-state index contributed by atoms with van der Waals surface area (Å²) in [6.07, 6.45) is 6.17. The number of unbranched alkanes of at least 4 members (excludes halogenated alkanes) is 3. The van der Waals surface area contributed by atoms with E-state index in [-0.39, 0.29) is 11.3 Å². The van der Waals surface area contributed by atoms with Crippen LogP contribution in [0, 0.1) is 19.3 Å². The van der Waals surface area contributed by atoms with Crippen molar-refractivity contribution in [3.8, 4) is 5.75 Å². The van der Waals surface area contributed by atoms with Gasteiger partial charge < -0.3 is 14.6 Å². The normalized spacial score (nSPS) is 11.7. The fourth-order valence-electron chi connectivity index (χ4n) is 4.05. The van der Waals surface area contributed by atoms with Gasteiger partial charge >= 0.3 is 0 Å². The lowest BCUT2D eigenvalue weighted by atomic mass is 9.96. The number of rotatable bonds is 12. The van der Waals surface area contributed by atoms with E-state index in [1.165, 1.54) is 16.6 Å². The fraction of sp³-hybridized carbons (Fsp3) is 0.517. The molecule has 3 rings (SSSR count). The topological polar surface area (TPSA) is 56.1 Å². The number of para-hydroxylation sites is 2. The number of ether oxygens (including phenoxy) is 1. The van der Waals surface area contributed by atoms with Gasteiger partial charge in [0, 0.05) is 24.9 Å². The minimum Gasteiger partial charge on any atom is -0.493 e. The number of hydrogen-bond donors (Lipinski definition) is 1. The van der Waals surface area contributed by atoms with Crippen molar-refractivity contribution in [2.45, 2.75) is 79.7 Å². The van der Waals surface area contributed by atoms with Crippen LogP contribution in [0.15, 0.2) is 42.5 Å². The number of nitrogens with one attached hydrogen (secondary N) is 1. The van der Waals surface area contributed by atoms with Gasteiger partial charge in [-0.3, -0.25) is 4.79 Å². The highest BCUT2D eigenvalue weighted by molar-refractivity contribution is 5.81. The first-order valence-electron chi connectivity index (χ1n) is 12.7. The van der Waals surface area contributed by atoms with E-state index >= 15 is 0 Å². The van der Waals surface area contributed by atoms with Crippen LogP contribution in [0.5, 0.6) is 5.75 Å². The SMILES string of the molecule is Cc1cccc(OCCCCn2c(CCCCCNC(=O)C(C)(C)C)nc3ccccc32)c1C. The smallest absolute Gasteiger partial charge is 0.225 e. The second-order valence-corrected chi connectivity index (χ2v) is 10.2. The minimum absolute atomic E-state index is 0.121. The Morgan fingerprint density at radius 3 is 2.56 bits per heavy atom. The summed E-state index contributed by atoms with van der Waals surface area (Å²) in [7, 11) is 0. The molecule has 0 bridgehead atoms. The number of amides is 1. The Kier molecular flexibility index (Phi) is 9.14. The molecule has 0 aliphatic carbocycles. The third-order valence-corrected chi connectivity index (χ3v) is 6.37. The largest absolute Gasteiger partial charge is 0.493 e. The average Bonchev–Trinajstić information content (AvgIpc) is 3.15. The van der Waals surface area contributed by atoms with Crippen molar-refractivity contribution in [2.24, 2.45) is 5.41 Å². The van der Waals surface area contributed by atoms with Crippen molar-refractivity contribution < 1.29 is 9.53 Å². The molecule has 0 unspecified atom stereocenters. The number of aromatic nitrogens is 2. The molecular formula is C29H41N3O2. The Morgan fingerprint density at radius 2 is 1.76 bits per heavy atom. The van der Waals surface area contributed by atoms with Crippen LogP contribution in [0.3, 0.4) is 0 Å². The third kappa shape index (κ3) is 7.09. The fourth-order valence-corrected chi connectivity index (χ4v) is 4.05. The number of imidazole rings is 1. The molecule has 2 aromatic carbocycles. The van der Waals surface area contributed by atoms with Crippen molar-refractivity contribution in [2.75, 3.05) is 13.2 Å². The quantitative estimate of drug-likeness (QED) is 0.317. The lowest BCUT2D eigenvalue weighted by Gasteiger charge is -2.17. The van der Waals surface area contributed by atoms with Gasteiger partial charge in [-0.25, -0.2) is 4.98 Å². The van der Waals surface area contributed by atoms with Gasteiger partial charge in [0.05, 0.1) is 17.6 Å². The summed E-state index contributed by atoms with van der Waals surface area (Å²) in [5.74, 6) is 2.28. The third-order valence-electron chi connectivity index (χ3n) is 6.37. The highest BCUT2D eigenvalue weighted by atomic mass is 16.5. The molecule has 0 fully saturated rings. The highest BCUT2D eigenvalue weighted by Gasteiger charge is 2.20. The van der Waals surface area contributed by atoms with Crippen LogP contribution in [0.25, 0.3) is 11.0 Å². The molecule has 1 heterocycles. The van der Waals surface area contributed by atoms with Crippen LogP contribution in [0.4, 0.5) is 0 Å². The Morgan fingerprint density at radius 1 is 0.971 bits per heavy atom. The molecule has 0 saturated heterocycles. The molecule has 5 nitrogen and oxygen atoms in total. The van der Waals surface area contributed by atoms with Crippen molar-refractivity contribution in [1.29, 1.82) is 0 Å². The number of aryl methyl sites for hydroxylation is 3. The van der Waals surface area contributed by atoms with Crippen LogP contribution in [-0.4, -0.2) is 28.6 Å². The van der Waals surface area contributed by atoms with E-state index in [2.05, 4.69) is 66.2 Å². The lowest BCUT2D eigenvalue weighted by Crippen LogP contribution is -2.35. The average molecular weight is 464 g/mol. The number of carbonyl (C=O) groups excluding carboxylic acids is 1. The van der Waals surface area contributed by atoms with Gasteiger partial charge in [-0.2, -0.15) is 0 Å². The predicted octanol–water partition coefficient (Wildman–Crippen LogP) is 6.39. The summed E-state index contributed by atoms with van der Waals surface area (Å²) in [6.45, 7) is 12.5. The Hall–Kier alpha value is -2.82. The summed E-state index contributed by atoms with van der Waals surface area (Å²) in [4.78, 5) is 16.9. The van der Waals surface area contributed by atoms with Crippen LogP contribution in [0.2, 0.25) is 0 Å². The standard InChI is InChI=1S/C29H41N3O2/c1-22-14-13-17-26(23(22)2)34-21-12-11-20-32-25-16-9-8-15-24(25)31-27(32)18-7-6-10-19-30-28(33)29(3,4)5/h8-9,13-17H,6-7,10-12,18-21H2,1-5H3,(H,30,33). The Bertz CT molecular complexity index is 1080. The lowest BCUT2D eigenvalue weighted by molar-refractivity contribution is -0.128. The highest BCUT2D eigenvalue weighted by Crippen LogP contribution is 2.22. The second kappa shape index (κ2) is 12.0. The summed E-state index contributed by atoms with van der Waals surface area (Å²) in [5.41, 5.74) is 4.45. The van der Waals surface area contributed by atoms with Crippen LogP contribution in [0.1, 0.15) is 69.8 Å². The predicted molar refractivity (Wildman–Crippen MR) is 140 cm³/mol. The Labute approximate surface area is 204 Å². The molecule has 5 heteroatoms. The van der Waals surface area contributed by atoms with E-state index in [9.17, 15) is 4.79 Å². The van der Waals surface area contributed by atoms with Gasteiger partial charge in [0.25, 0.3) is 0 Å². The maximum Gasteiger partial charge on any atom is 0.225 e. The number of carbonyl (C=O) groups is 1. The zero-order valence-electron chi connectivity index (χ0n) is 21.6. The van der Waals surface area contributed by atoms with Gasteiger partial charge in [-0.1, -0.05) is 51.5 Å². The number of nitrogens with zero attached hydrogens (tertiary/aromatic N) is 2. The van der Waals surface area contributed by atoms with Gasteiger partial charge in [-0.05, 0) is 68.9 Å². The van der Waals surface area contributed by atoms with Crippen LogP contribution < -0.4 is 10.1 Å². The summed E-state index contributed by atoms with van der Waals surface area (Å²) in [5, 5.41) is 3.04. The number of benzene rings is 2. The molecule has 1 N–H and O–H groups in total. The van der Waals surface area contributed by atoms with E-state index in [1.54, 1.807) is 0 Å². The maximum absolute atomic E-state index is 12.0. The molecule has 3 aromatic rings. The summed E-state index contributed by atoms with van der Waals surface area (Å²) < 4.78 is 8.42. The van der Waals surface area contributed by atoms with Crippen molar-refractivity contribution >= 4 is 16.9 Å². The minimum atomic E-state index is -0.325. The number of fused-ring (bicyclic) bond motifs is 1. The first-order chi connectivity index (χ1) is 16.3. The molecule has 1 amide bonds. The summed E-state index contributed by atoms with van der Waals surface area (Å²) >= 11 is 0. The van der Waals surface area contributed by atoms with E-state index < -0.39 is 0 Å². The first-order valence-corrected chi connectivity index (χ1v) is 12.7. The van der Waals surface area contributed by atoms with E-state index in [0.717, 1.165) is 75.3 Å². The molecule has 34 heavy (non-hydrogen) atoms. The summed E-state index contributed by atoms with van der Waals surface area (Å²) in [6, 6.07) is 14.6. The zero-order chi connectivity index (χ0) is 24.6. The molecule has 0 aliphatic rings. The van der Waals surface area contributed by atoms with Crippen LogP contribution >= 0.6 is 0 Å². The maximum atomic E-state index is 12.0. The van der Waals surface area contributed by atoms with Crippen molar-refractivity contribution in [1.82, 2.24) is 14.9 Å². The van der Waals surface area contributed by atoms with E-state index in [4.69, 9.17) is 9.72 Å². The molecule has 0 aliphatic heterocycles. The molecular weight excluding hydrogens is 422 g/mol. The van der Waals surface area contributed by atoms with Gasteiger partial charge in [0.1, 0.15) is 11.6 Å². The molecule has 0 spiro atoms. The molecule has 1 aromatic heterocycles. The van der Waals surface area contributed by atoms with Gasteiger partial charge in [0.2, 0.25) is 5.91 Å². The van der Waals surface area contributed by atoms with E-state index in [1.807, 2.05) is 20.8 Å². The molecule has 184 valence electrons. The molecule has 0 atom stereocenters. The molecule has 0 radical (unpaired) electrons. The van der Waals surface area contributed by atoms with Crippen molar-refractivity contribution in [3.05, 3.63) is 59.4 Å². The second-order valence-electron chi connectivity index (χ2n) is 10.2. The van der Waals surface area contributed by atoms with E-state index in [0.29, 0.717) is 0 Å². The first kappa shape index (κ1) is 25.8.